The molecule has 3 rings (SSSR count). The fourth-order valence-corrected chi connectivity index (χ4v) is 4.57. The largest absolute Gasteiger partial charge is 0.345 e. The van der Waals surface area contributed by atoms with E-state index in [-0.39, 0.29) is 29.1 Å². The molecule has 0 aromatic carbocycles. The second kappa shape index (κ2) is 6.73. The van der Waals surface area contributed by atoms with Crippen molar-refractivity contribution in [3.8, 4) is 0 Å². The van der Waals surface area contributed by atoms with Gasteiger partial charge in [0.2, 0.25) is 17.7 Å². The van der Waals surface area contributed by atoms with Crippen LogP contribution in [0.4, 0.5) is 0 Å². The zero-order chi connectivity index (χ0) is 17.3. The van der Waals surface area contributed by atoms with Gasteiger partial charge in [-0.25, -0.2) is 0 Å². The third-order valence-corrected chi connectivity index (χ3v) is 6.22. The van der Waals surface area contributed by atoms with Gasteiger partial charge < -0.3 is 14.7 Å². The van der Waals surface area contributed by atoms with E-state index in [0.29, 0.717) is 13.0 Å². The number of carbonyl (C=O) groups excluding carboxylic acids is 3. The summed E-state index contributed by atoms with van der Waals surface area (Å²) >= 11 is 0. The summed E-state index contributed by atoms with van der Waals surface area (Å²) < 4.78 is 0. The summed E-state index contributed by atoms with van der Waals surface area (Å²) in [5, 5.41) is 0. The van der Waals surface area contributed by atoms with Crippen molar-refractivity contribution in [2.24, 2.45) is 11.3 Å². The first-order valence-electron chi connectivity index (χ1n) is 9.18. The molecule has 0 bridgehead atoms. The van der Waals surface area contributed by atoms with Crippen molar-refractivity contribution in [2.75, 3.05) is 39.8 Å². The van der Waals surface area contributed by atoms with E-state index in [9.17, 15) is 14.4 Å². The van der Waals surface area contributed by atoms with Crippen LogP contribution in [-0.4, -0.2) is 72.2 Å². The molecule has 3 fully saturated rings. The normalized spacial score (nSPS) is 27.5. The Labute approximate surface area is 144 Å². The molecule has 0 N–H and O–H groups in total. The Balaban J connectivity index is 1.55. The fraction of sp³-hybridized carbons (Fsp3) is 0.833. The smallest absolute Gasteiger partial charge is 0.227 e. The SMILES string of the molecule is CC(=O)N1CCCC(C(=O)N2CCC3(CCC(=O)N(C)C3)CC2)C1. The van der Waals surface area contributed by atoms with Crippen molar-refractivity contribution in [1.29, 1.82) is 0 Å². The molecule has 0 aromatic heterocycles. The van der Waals surface area contributed by atoms with Crippen LogP contribution in [0.1, 0.15) is 45.4 Å². The molecule has 3 aliphatic heterocycles. The molecule has 6 nitrogen and oxygen atoms in total. The lowest BCUT2D eigenvalue weighted by Gasteiger charge is -2.47. The first kappa shape index (κ1) is 17.2. The van der Waals surface area contributed by atoms with Crippen molar-refractivity contribution in [3.05, 3.63) is 0 Å². The Morgan fingerprint density at radius 3 is 2.42 bits per heavy atom. The lowest BCUT2D eigenvalue weighted by molar-refractivity contribution is -0.145. The second-order valence-corrected chi connectivity index (χ2v) is 7.88. The van der Waals surface area contributed by atoms with Gasteiger partial charge in [0.05, 0.1) is 5.92 Å². The van der Waals surface area contributed by atoms with Gasteiger partial charge in [0.15, 0.2) is 0 Å². The van der Waals surface area contributed by atoms with Gasteiger partial charge in [-0.15, -0.1) is 0 Å². The van der Waals surface area contributed by atoms with E-state index in [1.54, 1.807) is 11.8 Å². The Morgan fingerprint density at radius 1 is 1.08 bits per heavy atom. The minimum atomic E-state index is -0.0349. The summed E-state index contributed by atoms with van der Waals surface area (Å²) in [5.41, 5.74) is 0.206. The molecule has 3 saturated heterocycles. The highest BCUT2D eigenvalue weighted by atomic mass is 16.2. The number of likely N-dealkylation sites (tertiary alicyclic amines) is 3. The van der Waals surface area contributed by atoms with Crippen molar-refractivity contribution in [3.63, 3.8) is 0 Å². The topological polar surface area (TPSA) is 60.9 Å². The van der Waals surface area contributed by atoms with Gasteiger partial charge in [0, 0.05) is 53.1 Å². The molecule has 0 saturated carbocycles. The summed E-state index contributed by atoms with van der Waals surface area (Å²) in [5.74, 6) is 0.494. The summed E-state index contributed by atoms with van der Waals surface area (Å²) in [6, 6.07) is 0. The average molecular weight is 335 g/mol. The molecule has 0 aromatic rings. The molecule has 0 aliphatic carbocycles. The van der Waals surface area contributed by atoms with E-state index in [2.05, 4.69) is 0 Å². The lowest BCUT2D eigenvalue weighted by atomic mass is 9.72. The maximum atomic E-state index is 12.8. The van der Waals surface area contributed by atoms with Gasteiger partial charge >= 0.3 is 0 Å². The summed E-state index contributed by atoms with van der Waals surface area (Å²) in [6.07, 6.45) is 5.38. The third kappa shape index (κ3) is 3.42. The second-order valence-electron chi connectivity index (χ2n) is 7.88. The van der Waals surface area contributed by atoms with Gasteiger partial charge in [0.25, 0.3) is 0 Å². The predicted octanol–water partition coefficient (Wildman–Crippen LogP) is 1.11. The number of piperidine rings is 3. The molecule has 1 atom stereocenters. The Hall–Kier alpha value is -1.59. The molecule has 1 spiro atoms. The summed E-state index contributed by atoms with van der Waals surface area (Å²) in [4.78, 5) is 41.8. The zero-order valence-corrected chi connectivity index (χ0v) is 14.9. The van der Waals surface area contributed by atoms with Gasteiger partial charge in [-0.3, -0.25) is 14.4 Å². The number of carbonyl (C=O) groups is 3. The molecule has 24 heavy (non-hydrogen) atoms. The van der Waals surface area contributed by atoms with Crippen LogP contribution in [0.15, 0.2) is 0 Å². The van der Waals surface area contributed by atoms with Gasteiger partial charge in [-0.2, -0.15) is 0 Å². The van der Waals surface area contributed by atoms with Crippen LogP contribution in [-0.2, 0) is 14.4 Å². The molecule has 3 amide bonds. The summed E-state index contributed by atoms with van der Waals surface area (Å²) in [7, 11) is 1.89. The Morgan fingerprint density at radius 2 is 1.79 bits per heavy atom. The van der Waals surface area contributed by atoms with Gasteiger partial charge in [-0.1, -0.05) is 0 Å². The predicted molar refractivity (Wildman–Crippen MR) is 90.1 cm³/mol. The number of hydrogen-bond acceptors (Lipinski definition) is 3. The standard InChI is InChI=1S/C18H29N3O3/c1-14(22)21-9-3-4-15(12-21)17(24)20-10-7-18(8-11-20)6-5-16(23)19(2)13-18/h15H,3-13H2,1-2H3. The average Bonchev–Trinajstić information content (AvgIpc) is 2.59. The van der Waals surface area contributed by atoms with Gasteiger partial charge in [0.1, 0.15) is 0 Å². The molecule has 1 unspecified atom stereocenters. The fourth-order valence-electron chi connectivity index (χ4n) is 4.57. The van der Waals surface area contributed by atoms with E-state index >= 15 is 0 Å². The highest BCUT2D eigenvalue weighted by Gasteiger charge is 2.41. The van der Waals surface area contributed by atoms with Crippen molar-refractivity contribution in [1.82, 2.24) is 14.7 Å². The molecule has 3 aliphatic rings. The highest BCUT2D eigenvalue weighted by Crippen LogP contribution is 2.40. The minimum Gasteiger partial charge on any atom is -0.345 e. The number of amides is 3. The monoisotopic (exact) mass is 335 g/mol. The molecule has 134 valence electrons. The van der Waals surface area contributed by atoms with Gasteiger partial charge in [-0.05, 0) is 37.5 Å². The van der Waals surface area contributed by atoms with Crippen molar-refractivity contribution < 1.29 is 14.4 Å². The zero-order valence-electron chi connectivity index (χ0n) is 14.9. The molecular formula is C18H29N3O3. The van der Waals surface area contributed by atoms with E-state index in [0.717, 1.165) is 58.3 Å². The van der Waals surface area contributed by atoms with Crippen LogP contribution in [0.25, 0.3) is 0 Å². The quantitative estimate of drug-likeness (QED) is 0.721. The first-order valence-corrected chi connectivity index (χ1v) is 9.18. The van der Waals surface area contributed by atoms with E-state index < -0.39 is 0 Å². The van der Waals surface area contributed by atoms with Crippen LogP contribution in [0.2, 0.25) is 0 Å². The van der Waals surface area contributed by atoms with E-state index in [1.807, 2.05) is 16.8 Å². The van der Waals surface area contributed by atoms with Crippen molar-refractivity contribution >= 4 is 17.7 Å². The van der Waals surface area contributed by atoms with E-state index in [4.69, 9.17) is 0 Å². The maximum Gasteiger partial charge on any atom is 0.227 e. The number of hydrogen-bond donors (Lipinski definition) is 0. The van der Waals surface area contributed by atoms with Crippen LogP contribution in [0.5, 0.6) is 0 Å². The maximum absolute atomic E-state index is 12.8. The minimum absolute atomic E-state index is 0.0349. The van der Waals surface area contributed by atoms with Crippen molar-refractivity contribution in [2.45, 2.75) is 45.4 Å². The molecule has 0 radical (unpaired) electrons. The number of nitrogens with zero attached hydrogens (tertiary/aromatic N) is 3. The third-order valence-electron chi connectivity index (χ3n) is 6.22. The Kier molecular flexibility index (Phi) is 4.83. The molecular weight excluding hydrogens is 306 g/mol. The summed E-state index contributed by atoms with van der Waals surface area (Å²) in [6.45, 7) is 5.35. The Bertz CT molecular complexity index is 526. The van der Waals surface area contributed by atoms with E-state index in [1.165, 1.54) is 0 Å². The van der Waals surface area contributed by atoms with Crippen LogP contribution >= 0.6 is 0 Å². The molecule has 3 heterocycles. The first-order chi connectivity index (χ1) is 11.4. The number of rotatable bonds is 1. The molecule has 6 heteroatoms. The van der Waals surface area contributed by atoms with Crippen LogP contribution in [0.3, 0.4) is 0 Å². The van der Waals surface area contributed by atoms with Crippen LogP contribution < -0.4 is 0 Å². The van der Waals surface area contributed by atoms with Crippen LogP contribution in [0, 0.1) is 11.3 Å². The lowest BCUT2D eigenvalue weighted by Crippen LogP contribution is -2.53. The highest BCUT2D eigenvalue weighted by molar-refractivity contribution is 5.81.